The van der Waals surface area contributed by atoms with E-state index in [1.807, 2.05) is 6.07 Å². The molecule has 1 atom stereocenters. The number of hydrogen-bond donors (Lipinski definition) is 1. The Labute approximate surface area is 155 Å². The van der Waals surface area contributed by atoms with Crippen LogP contribution in [0, 0.1) is 5.92 Å². The van der Waals surface area contributed by atoms with Gasteiger partial charge in [0.05, 0.1) is 4.90 Å². The van der Waals surface area contributed by atoms with Gasteiger partial charge in [-0.2, -0.15) is 4.31 Å². The topological polar surface area (TPSA) is 62.3 Å². The van der Waals surface area contributed by atoms with Gasteiger partial charge in [0.1, 0.15) is 0 Å². The number of fused-ring (bicyclic) bond motifs is 1. The number of nitrogens with zero attached hydrogens (tertiary/aromatic N) is 2. The summed E-state index contributed by atoms with van der Waals surface area (Å²) >= 11 is 0. The average molecular weight is 382 g/mol. The van der Waals surface area contributed by atoms with E-state index < -0.39 is 10.0 Å². The lowest BCUT2D eigenvalue weighted by Crippen LogP contribution is -2.43. The fourth-order valence-corrected chi connectivity index (χ4v) is 5.77. The Kier molecular flexibility index (Phi) is 5.63. The summed E-state index contributed by atoms with van der Waals surface area (Å²) in [6.07, 6.45) is 7.74. The summed E-state index contributed by atoms with van der Waals surface area (Å²) < 4.78 is 27.9. The molecule has 2 aliphatic heterocycles. The van der Waals surface area contributed by atoms with Gasteiger partial charge in [0, 0.05) is 42.3 Å². The van der Waals surface area contributed by atoms with Crippen LogP contribution in [0.2, 0.25) is 0 Å². The zero-order valence-corrected chi connectivity index (χ0v) is 15.7. The standard InChI is InChI=1S/C18H23N3O2S.ClH/c22-24(23,18-5-1-3-15-13-19-10-6-16(15)18)21-11-7-14(8-12-21)17-4-2-9-20-17;/h1,3,5-6,10,13-14,17,20H,2,4,7-9,11-12H2;1H. The number of aromatic nitrogens is 1. The number of halogens is 1. The molecule has 1 N–H and O–H groups in total. The lowest BCUT2D eigenvalue weighted by atomic mass is 9.89. The number of benzene rings is 1. The highest BCUT2D eigenvalue weighted by Crippen LogP contribution is 2.31. The van der Waals surface area contributed by atoms with Gasteiger partial charge in [0.25, 0.3) is 0 Å². The first kappa shape index (κ1) is 18.6. The highest BCUT2D eigenvalue weighted by atomic mass is 35.5. The second-order valence-electron chi connectivity index (χ2n) is 6.80. The molecule has 1 unspecified atom stereocenters. The predicted molar refractivity (Wildman–Crippen MR) is 101 cm³/mol. The number of sulfonamides is 1. The van der Waals surface area contributed by atoms with E-state index >= 15 is 0 Å². The van der Waals surface area contributed by atoms with E-state index in [1.165, 1.54) is 12.8 Å². The Hall–Kier alpha value is -1.21. The summed E-state index contributed by atoms with van der Waals surface area (Å²) in [5.74, 6) is 0.607. The maximum Gasteiger partial charge on any atom is 0.243 e. The van der Waals surface area contributed by atoms with Gasteiger partial charge < -0.3 is 5.32 Å². The minimum Gasteiger partial charge on any atom is -0.314 e. The van der Waals surface area contributed by atoms with Crippen molar-refractivity contribution in [3.8, 4) is 0 Å². The van der Waals surface area contributed by atoms with Crippen molar-refractivity contribution in [1.29, 1.82) is 0 Å². The van der Waals surface area contributed by atoms with Crippen LogP contribution in [0.5, 0.6) is 0 Å². The molecule has 7 heteroatoms. The zero-order chi connectivity index (χ0) is 16.6. The van der Waals surface area contributed by atoms with Crippen molar-refractivity contribution < 1.29 is 8.42 Å². The molecule has 2 aliphatic rings. The number of pyridine rings is 1. The van der Waals surface area contributed by atoms with Crippen molar-refractivity contribution in [1.82, 2.24) is 14.6 Å². The second-order valence-corrected chi connectivity index (χ2v) is 8.70. The van der Waals surface area contributed by atoms with E-state index in [4.69, 9.17) is 0 Å². The van der Waals surface area contributed by atoms with E-state index in [9.17, 15) is 8.42 Å². The highest BCUT2D eigenvalue weighted by Gasteiger charge is 2.34. The number of piperidine rings is 1. The summed E-state index contributed by atoms with van der Waals surface area (Å²) in [5.41, 5.74) is 0. The van der Waals surface area contributed by atoms with Gasteiger partial charge in [0.15, 0.2) is 0 Å². The third-order valence-electron chi connectivity index (χ3n) is 5.42. The molecule has 2 fully saturated rings. The van der Waals surface area contributed by atoms with E-state index in [1.54, 1.807) is 34.9 Å². The van der Waals surface area contributed by atoms with Crippen LogP contribution in [0.15, 0.2) is 41.6 Å². The Morgan fingerprint density at radius 3 is 2.64 bits per heavy atom. The van der Waals surface area contributed by atoms with Gasteiger partial charge in [-0.1, -0.05) is 12.1 Å². The first-order chi connectivity index (χ1) is 11.7. The van der Waals surface area contributed by atoms with Crippen LogP contribution in [0.3, 0.4) is 0 Å². The molecule has 25 heavy (non-hydrogen) atoms. The minimum atomic E-state index is -3.45. The molecule has 2 saturated heterocycles. The largest absolute Gasteiger partial charge is 0.314 e. The van der Waals surface area contributed by atoms with Crippen LogP contribution < -0.4 is 5.32 Å². The molecule has 0 radical (unpaired) electrons. The van der Waals surface area contributed by atoms with Crippen molar-refractivity contribution in [2.45, 2.75) is 36.6 Å². The van der Waals surface area contributed by atoms with Crippen molar-refractivity contribution in [3.63, 3.8) is 0 Å². The predicted octanol–water partition coefficient (Wildman–Crippen LogP) is 2.81. The Morgan fingerprint density at radius 2 is 1.92 bits per heavy atom. The van der Waals surface area contributed by atoms with Crippen molar-refractivity contribution in [2.75, 3.05) is 19.6 Å². The molecule has 0 amide bonds. The van der Waals surface area contributed by atoms with Crippen molar-refractivity contribution in [3.05, 3.63) is 36.7 Å². The molecule has 2 aromatic rings. The molecular weight excluding hydrogens is 358 g/mol. The van der Waals surface area contributed by atoms with E-state index in [0.29, 0.717) is 29.9 Å². The maximum atomic E-state index is 13.1. The molecule has 3 heterocycles. The van der Waals surface area contributed by atoms with E-state index in [2.05, 4.69) is 10.3 Å². The highest BCUT2D eigenvalue weighted by molar-refractivity contribution is 7.89. The molecule has 0 aliphatic carbocycles. The average Bonchev–Trinajstić information content (AvgIpc) is 3.16. The van der Waals surface area contributed by atoms with Gasteiger partial charge in [-0.25, -0.2) is 8.42 Å². The lowest BCUT2D eigenvalue weighted by Gasteiger charge is -2.34. The Morgan fingerprint density at radius 1 is 1.12 bits per heavy atom. The quantitative estimate of drug-likeness (QED) is 0.888. The second kappa shape index (κ2) is 7.58. The first-order valence-corrected chi connectivity index (χ1v) is 10.2. The zero-order valence-electron chi connectivity index (χ0n) is 14.1. The molecule has 0 bridgehead atoms. The van der Waals surface area contributed by atoms with Crippen molar-refractivity contribution in [2.24, 2.45) is 5.92 Å². The van der Waals surface area contributed by atoms with Gasteiger partial charge in [-0.05, 0) is 50.3 Å². The van der Waals surface area contributed by atoms with Crippen LogP contribution in [0.25, 0.3) is 10.8 Å². The summed E-state index contributed by atoms with van der Waals surface area (Å²) in [6, 6.07) is 7.78. The lowest BCUT2D eigenvalue weighted by molar-refractivity contribution is 0.234. The summed E-state index contributed by atoms with van der Waals surface area (Å²) in [4.78, 5) is 4.49. The smallest absolute Gasteiger partial charge is 0.243 e. The van der Waals surface area contributed by atoms with Crippen LogP contribution >= 0.6 is 12.4 Å². The van der Waals surface area contributed by atoms with Gasteiger partial charge in [-0.15, -0.1) is 12.4 Å². The molecular formula is C18H24ClN3O2S. The first-order valence-electron chi connectivity index (χ1n) is 8.72. The van der Waals surface area contributed by atoms with Gasteiger partial charge in [-0.3, -0.25) is 4.98 Å². The fraction of sp³-hybridized carbons (Fsp3) is 0.500. The third kappa shape index (κ3) is 3.53. The Balaban J connectivity index is 0.00000182. The molecule has 4 rings (SSSR count). The van der Waals surface area contributed by atoms with E-state index in [-0.39, 0.29) is 12.4 Å². The molecule has 136 valence electrons. The molecule has 5 nitrogen and oxygen atoms in total. The summed E-state index contributed by atoms with van der Waals surface area (Å²) in [7, 11) is -3.45. The van der Waals surface area contributed by atoms with Gasteiger partial charge >= 0.3 is 0 Å². The van der Waals surface area contributed by atoms with Crippen LogP contribution in [-0.4, -0.2) is 43.4 Å². The fourth-order valence-electron chi connectivity index (χ4n) is 4.09. The third-order valence-corrected chi connectivity index (χ3v) is 7.38. The molecule has 0 saturated carbocycles. The maximum absolute atomic E-state index is 13.1. The Bertz CT molecular complexity index is 824. The van der Waals surface area contributed by atoms with Crippen LogP contribution in [0.1, 0.15) is 25.7 Å². The number of rotatable bonds is 3. The van der Waals surface area contributed by atoms with E-state index in [0.717, 1.165) is 30.2 Å². The monoisotopic (exact) mass is 381 g/mol. The minimum absolute atomic E-state index is 0. The number of nitrogens with one attached hydrogen (secondary N) is 1. The van der Waals surface area contributed by atoms with Crippen molar-refractivity contribution >= 4 is 33.2 Å². The van der Waals surface area contributed by atoms with Crippen LogP contribution in [-0.2, 0) is 10.0 Å². The SMILES string of the molecule is Cl.O=S(=O)(c1cccc2cnccc12)N1CCC(C2CCCN2)CC1. The summed E-state index contributed by atoms with van der Waals surface area (Å²) in [6.45, 7) is 2.34. The summed E-state index contributed by atoms with van der Waals surface area (Å²) in [5, 5.41) is 5.18. The van der Waals surface area contributed by atoms with Crippen LogP contribution in [0.4, 0.5) is 0 Å². The van der Waals surface area contributed by atoms with Gasteiger partial charge in [0.2, 0.25) is 10.0 Å². The molecule has 1 aromatic carbocycles. The molecule has 0 spiro atoms. The number of hydrogen-bond acceptors (Lipinski definition) is 4. The molecule has 1 aromatic heterocycles. The normalized spacial score (nSPS) is 22.8.